The Morgan fingerprint density at radius 1 is 1.12 bits per heavy atom. The van der Waals surface area contributed by atoms with Gasteiger partial charge in [0.2, 0.25) is 0 Å². The zero-order valence-electron chi connectivity index (χ0n) is 8.38. The zero-order valence-corrected chi connectivity index (χ0v) is 9.97. The first kappa shape index (κ1) is 11.5. The second-order valence-corrected chi connectivity index (χ2v) is 4.26. The van der Waals surface area contributed by atoms with Crippen LogP contribution in [0.4, 0.5) is 5.69 Å². The Labute approximate surface area is 104 Å². The summed E-state index contributed by atoms with van der Waals surface area (Å²) in [6.07, 6.45) is 2.29. The quantitative estimate of drug-likeness (QED) is 0.841. The number of halogens is 1. The van der Waals surface area contributed by atoms with E-state index in [0.717, 1.165) is 17.1 Å². The van der Waals surface area contributed by atoms with Crippen LogP contribution in [0.2, 0.25) is 0 Å². The summed E-state index contributed by atoms with van der Waals surface area (Å²) in [6.45, 7) is 0. The molecule has 0 spiro atoms. The highest BCUT2D eigenvalue weighted by atomic mass is 79.9. The van der Waals surface area contributed by atoms with Crippen molar-refractivity contribution in [2.45, 2.75) is 0 Å². The molecule has 0 aliphatic carbocycles. The van der Waals surface area contributed by atoms with Gasteiger partial charge in [-0.15, -0.1) is 0 Å². The fourth-order valence-electron chi connectivity index (χ4n) is 1.48. The van der Waals surface area contributed by atoms with E-state index in [1.807, 2.05) is 0 Å². The van der Waals surface area contributed by atoms with Crippen LogP contribution in [-0.2, 0) is 9.59 Å². The SMILES string of the molecule is O=C(O)c1cc(Br)cc(N2C(=O)C=CC2=O)c1. The number of carbonyl (C=O) groups excluding carboxylic acids is 2. The lowest BCUT2D eigenvalue weighted by molar-refractivity contribution is -0.119. The molecular formula is C11H6BrNO4. The summed E-state index contributed by atoms with van der Waals surface area (Å²) >= 11 is 3.14. The number of anilines is 1. The van der Waals surface area contributed by atoms with Gasteiger partial charge >= 0.3 is 5.97 Å². The van der Waals surface area contributed by atoms with E-state index < -0.39 is 17.8 Å². The van der Waals surface area contributed by atoms with E-state index in [9.17, 15) is 14.4 Å². The Morgan fingerprint density at radius 3 is 2.24 bits per heavy atom. The minimum absolute atomic E-state index is 0.00174. The lowest BCUT2D eigenvalue weighted by atomic mass is 10.2. The topological polar surface area (TPSA) is 74.7 Å². The average molecular weight is 296 g/mol. The van der Waals surface area contributed by atoms with Gasteiger partial charge in [-0.1, -0.05) is 15.9 Å². The largest absolute Gasteiger partial charge is 0.478 e. The van der Waals surface area contributed by atoms with Gasteiger partial charge in [0.25, 0.3) is 11.8 Å². The van der Waals surface area contributed by atoms with Gasteiger partial charge in [-0.05, 0) is 18.2 Å². The van der Waals surface area contributed by atoms with Crippen molar-refractivity contribution in [2.24, 2.45) is 0 Å². The molecule has 2 rings (SSSR count). The lowest BCUT2D eigenvalue weighted by Crippen LogP contribution is -2.29. The smallest absolute Gasteiger partial charge is 0.335 e. The second-order valence-electron chi connectivity index (χ2n) is 3.35. The monoisotopic (exact) mass is 295 g/mol. The minimum atomic E-state index is -1.13. The Kier molecular flexibility index (Phi) is 2.81. The maximum absolute atomic E-state index is 11.4. The van der Waals surface area contributed by atoms with Crippen molar-refractivity contribution in [3.8, 4) is 0 Å². The van der Waals surface area contributed by atoms with Crippen LogP contribution >= 0.6 is 15.9 Å². The van der Waals surface area contributed by atoms with Crippen LogP contribution in [0, 0.1) is 0 Å². The number of nitrogens with zero attached hydrogens (tertiary/aromatic N) is 1. The summed E-state index contributed by atoms with van der Waals surface area (Å²) in [7, 11) is 0. The summed E-state index contributed by atoms with van der Waals surface area (Å²) in [5, 5.41) is 8.88. The first-order valence-corrected chi connectivity index (χ1v) is 5.38. The molecule has 17 heavy (non-hydrogen) atoms. The molecule has 2 amide bonds. The predicted octanol–water partition coefficient (Wildman–Crippen LogP) is 1.58. The van der Waals surface area contributed by atoms with Crippen LogP contribution in [0.1, 0.15) is 10.4 Å². The molecule has 1 heterocycles. The lowest BCUT2D eigenvalue weighted by Gasteiger charge is -2.14. The van der Waals surface area contributed by atoms with Crippen LogP contribution in [0.25, 0.3) is 0 Å². The van der Waals surface area contributed by atoms with Crippen molar-refractivity contribution in [2.75, 3.05) is 4.90 Å². The van der Waals surface area contributed by atoms with Crippen molar-refractivity contribution in [1.29, 1.82) is 0 Å². The highest BCUT2D eigenvalue weighted by Gasteiger charge is 2.26. The van der Waals surface area contributed by atoms with Gasteiger partial charge in [0.05, 0.1) is 11.3 Å². The molecule has 0 atom stereocenters. The fourth-order valence-corrected chi connectivity index (χ4v) is 1.96. The Balaban J connectivity index is 2.49. The third-order valence-electron chi connectivity index (χ3n) is 2.20. The Morgan fingerprint density at radius 2 is 1.71 bits per heavy atom. The van der Waals surface area contributed by atoms with Gasteiger partial charge in [-0.3, -0.25) is 9.59 Å². The minimum Gasteiger partial charge on any atom is -0.478 e. The number of hydrogen-bond donors (Lipinski definition) is 1. The molecule has 1 aliphatic heterocycles. The van der Waals surface area contributed by atoms with Crippen LogP contribution in [0.3, 0.4) is 0 Å². The van der Waals surface area contributed by atoms with Crippen molar-refractivity contribution in [3.05, 3.63) is 40.4 Å². The van der Waals surface area contributed by atoms with Crippen molar-refractivity contribution < 1.29 is 19.5 Å². The number of hydrogen-bond acceptors (Lipinski definition) is 3. The Bertz CT molecular complexity index is 547. The first-order chi connectivity index (χ1) is 7.99. The first-order valence-electron chi connectivity index (χ1n) is 4.59. The molecule has 0 saturated heterocycles. The van der Waals surface area contributed by atoms with Crippen LogP contribution in [0.5, 0.6) is 0 Å². The molecule has 0 aromatic heterocycles. The maximum atomic E-state index is 11.4. The van der Waals surface area contributed by atoms with Gasteiger partial charge in [0.15, 0.2) is 0 Å². The van der Waals surface area contributed by atoms with E-state index in [1.54, 1.807) is 0 Å². The molecule has 6 heteroatoms. The van der Waals surface area contributed by atoms with Gasteiger partial charge in [0, 0.05) is 16.6 Å². The summed E-state index contributed by atoms with van der Waals surface area (Å²) in [5.41, 5.74) is 0.235. The van der Waals surface area contributed by atoms with Crippen molar-refractivity contribution in [1.82, 2.24) is 0 Å². The van der Waals surface area contributed by atoms with E-state index in [1.165, 1.54) is 18.2 Å². The molecule has 5 nitrogen and oxygen atoms in total. The normalized spacial score (nSPS) is 14.5. The molecule has 0 bridgehead atoms. The molecule has 0 fully saturated rings. The molecule has 1 aromatic carbocycles. The van der Waals surface area contributed by atoms with E-state index in [4.69, 9.17) is 5.11 Å². The summed E-state index contributed by atoms with van der Waals surface area (Å²) in [4.78, 5) is 34.6. The summed E-state index contributed by atoms with van der Waals surface area (Å²) in [6, 6.07) is 4.18. The van der Waals surface area contributed by atoms with Crippen LogP contribution < -0.4 is 4.90 Å². The summed E-state index contributed by atoms with van der Waals surface area (Å²) < 4.78 is 0.486. The third-order valence-corrected chi connectivity index (χ3v) is 2.65. The highest BCUT2D eigenvalue weighted by Crippen LogP contribution is 2.25. The average Bonchev–Trinajstić information content (AvgIpc) is 2.57. The molecular weight excluding hydrogens is 290 g/mol. The fraction of sp³-hybridized carbons (Fsp3) is 0. The maximum Gasteiger partial charge on any atom is 0.335 e. The molecule has 86 valence electrons. The second kappa shape index (κ2) is 4.14. The number of carboxylic acids is 1. The number of carboxylic acid groups (broad SMARTS) is 1. The highest BCUT2D eigenvalue weighted by molar-refractivity contribution is 9.10. The molecule has 1 aliphatic rings. The van der Waals surface area contributed by atoms with Gasteiger partial charge in [0.1, 0.15) is 0 Å². The van der Waals surface area contributed by atoms with Gasteiger partial charge < -0.3 is 5.11 Å². The molecule has 0 radical (unpaired) electrons. The standard InChI is InChI=1S/C11H6BrNO4/c12-7-3-6(11(16)17)4-8(5-7)13-9(14)1-2-10(13)15/h1-5H,(H,16,17). The van der Waals surface area contributed by atoms with E-state index >= 15 is 0 Å². The van der Waals surface area contributed by atoms with Gasteiger partial charge in [-0.25, -0.2) is 9.69 Å². The van der Waals surface area contributed by atoms with E-state index in [-0.39, 0.29) is 11.3 Å². The van der Waals surface area contributed by atoms with E-state index in [0.29, 0.717) is 4.47 Å². The number of carbonyl (C=O) groups is 3. The van der Waals surface area contributed by atoms with E-state index in [2.05, 4.69) is 15.9 Å². The zero-order chi connectivity index (χ0) is 12.6. The summed E-state index contributed by atoms with van der Waals surface area (Å²) in [5.74, 6) is -2.09. The van der Waals surface area contributed by atoms with Crippen LogP contribution in [0.15, 0.2) is 34.8 Å². The number of benzene rings is 1. The third kappa shape index (κ3) is 2.12. The number of amides is 2. The number of rotatable bonds is 2. The molecule has 1 aromatic rings. The number of imide groups is 1. The molecule has 0 saturated carbocycles. The Hall–Kier alpha value is -1.95. The predicted molar refractivity (Wildman–Crippen MR) is 62.7 cm³/mol. The van der Waals surface area contributed by atoms with Crippen molar-refractivity contribution >= 4 is 39.4 Å². The van der Waals surface area contributed by atoms with Crippen molar-refractivity contribution in [3.63, 3.8) is 0 Å². The molecule has 0 unspecified atom stereocenters. The van der Waals surface area contributed by atoms with Gasteiger partial charge in [-0.2, -0.15) is 0 Å². The number of aromatic carboxylic acids is 1. The molecule has 1 N–H and O–H groups in total. The van der Waals surface area contributed by atoms with Crippen LogP contribution in [-0.4, -0.2) is 22.9 Å².